The minimum atomic E-state index is -0.524. The molecule has 1 aliphatic heterocycles. The van der Waals surface area contributed by atoms with Gasteiger partial charge in [0.1, 0.15) is 6.04 Å². The first-order valence-corrected chi connectivity index (χ1v) is 6.62. The fraction of sp³-hybridized carbons (Fsp3) is 0.533. The first-order valence-electron chi connectivity index (χ1n) is 6.62. The molecule has 0 radical (unpaired) electrons. The van der Waals surface area contributed by atoms with Crippen molar-refractivity contribution >= 4 is 11.6 Å². The highest BCUT2D eigenvalue weighted by Gasteiger charge is 2.38. The minimum Gasteiger partial charge on any atom is -0.394 e. The largest absolute Gasteiger partial charge is 0.394 e. The molecule has 1 aromatic rings. The van der Waals surface area contributed by atoms with Gasteiger partial charge in [-0.15, -0.1) is 0 Å². The molecule has 4 heteroatoms. The molecule has 1 heterocycles. The second-order valence-electron chi connectivity index (χ2n) is 5.91. The third-order valence-corrected chi connectivity index (χ3v) is 3.73. The van der Waals surface area contributed by atoms with Crippen LogP contribution in [0.4, 0.5) is 5.69 Å². The molecular formula is C15H22N2O2. The van der Waals surface area contributed by atoms with Gasteiger partial charge in [0, 0.05) is 17.8 Å². The summed E-state index contributed by atoms with van der Waals surface area (Å²) in [5.41, 5.74) is 3.02. The SMILES string of the molecule is Cc1cccc(N2CC(C)(C)NC(CO)C2=O)c1C. The fourth-order valence-electron chi connectivity index (χ4n) is 2.60. The predicted molar refractivity (Wildman–Crippen MR) is 76.4 cm³/mol. The molecule has 1 atom stereocenters. The van der Waals surface area contributed by atoms with Crippen molar-refractivity contribution < 1.29 is 9.90 Å². The normalized spacial score (nSPS) is 22.7. The zero-order valence-electron chi connectivity index (χ0n) is 12.0. The molecule has 0 saturated carbocycles. The van der Waals surface area contributed by atoms with E-state index in [1.54, 1.807) is 4.90 Å². The van der Waals surface area contributed by atoms with Crippen LogP contribution in [0.3, 0.4) is 0 Å². The number of aliphatic hydroxyl groups is 1. The van der Waals surface area contributed by atoms with E-state index < -0.39 is 6.04 Å². The summed E-state index contributed by atoms with van der Waals surface area (Å²) in [5.74, 6) is -0.0597. The van der Waals surface area contributed by atoms with Crippen molar-refractivity contribution in [3.8, 4) is 0 Å². The van der Waals surface area contributed by atoms with E-state index in [4.69, 9.17) is 0 Å². The van der Waals surface area contributed by atoms with Crippen molar-refractivity contribution in [2.75, 3.05) is 18.1 Å². The molecule has 104 valence electrons. The molecule has 1 aliphatic rings. The summed E-state index contributed by atoms with van der Waals surface area (Å²) >= 11 is 0. The maximum Gasteiger partial charge on any atom is 0.246 e. The van der Waals surface area contributed by atoms with E-state index >= 15 is 0 Å². The van der Waals surface area contributed by atoms with Crippen LogP contribution in [0.25, 0.3) is 0 Å². The van der Waals surface area contributed by atoms with Gasteiger partial charge in [-0.05, 0) is 44.9 Å². The molecule has 1 fully saturated rings. The van der Waals surface area contributed by atoms with Gasteiger partial charge in [0.05, 0.1) is 6.61 Å². The molecule has 0 bridgehead atoms. The Hall–Kier alpha value is -1.39. The molecule has 1 amide bonds. The van der Waals surface area contributed by atoms with E-state index in [1.807, 2.05) is 45.9 Å². The molecule has 4 nitrogen and oxygen atoms in total. The number of benzene rings is 1. The van der Waals surface area contributed by atoms with Gasteiger partial charge >= 0.3 is 0 Å². The van der Waals surface area contributed by atoms with Gasteiger partial charge in [0.15, 0.2) is 0 Å². The zero-order chi connectivity index (χ0) is 14.2. The molecule has 2 rings (SSSR count). The first kappa shape index (κ1) is 14.0. The van der Waals surface area contributed by atoms with Crippen LogP contribution in [0.5, 0.6) is 0 Å². The Morgan fingerprint density at radius 1 is 1.42 bits per heavy atom. The number of anilines is 1. The van der Waals surface area contributed by atoms with E-state index in [-0.39, 0.29) is 18.1 Å². The van der Waals surface area contributed by atoms with Crippen LogP contribution >= 0.6 is 0 Å². The number of carbonyl (C=O) groups excluding carboxylic acids is 1. The predicted octanol–water partition coefficient (Wildman–Crippen LogP) is 1.38. The Bertz CT molecular complexity index is 497. The van der Waals surface area contributed by atoms with E-state index in [0.717, 1.165) is 11.3 Å². The fourth-order valence-corrected chi connectivity index (χ4v) is 2.60. The smallest absolute Gasteiger partial charge is 0.246 e. The van der Waals surface area contributed by atoms with Crippen LogP contribution in [-0.2, 0) is 4.79 Å². The molecule has 1 aromatic carbocycles. The van der Waals surface area contributed by atoms with Crippen molar-refractivity contribution in [2.45, 2.75) is 39.3 Å². The summed E-state index contributed by atoms with van der Waals surface area (Å²) in [6.45, 7) is 8.58. The van der Waals surface area contributed by atoms with Crippen molar-refractivity contribution in [2.24, 2.45) is 0 Å². The Kier molecular flexibility index (Phi) is 3.65. The Morgan fingerprint density at radius 2 is 2.11 bits per heavy atom. The molecule has 0 aliphatic carbocycles. The number of aryl methyl sites for hydroxylation is 1. The topological polar surface area (TPSA) is 52.6 Å². The molecular weight excluding hydrogens is 240 g/mol. The highest BCUT2D eigenvalue weighted by atomic mass is 16.3. The first-order chi connectivity index (χ1) is 8.85. The van der Waals surface area contributed by atoms with Gasteiger partial charge in [-0.2, -0.15) is 0 Å². The lowest BCUT2D eigenvalue weighted by Gasteiger charge is -2.43. The van der Waals surface area contributed by atoms with Crippen LogP contribution in [0.15, 0.2) is 18.2 Å². The van der Waals surface area contributed by atoms with E-state index in [0.29, 0.717) is 6.54 Å². The number of carbonyl (C=O) groups is 1. The van der Waals surface area contributed by atoms with Crippen LogP contribution in [0.2, 0.25) is 0 Å². The summed E-state index contributed by atoms with van der Waals surface area (Å²) in [7, 11) is 0. The minimum absolute atomic E-state index is 0.0597. The highest BCUT2D eigenvalue weighted by molar-refractivity contribution is 5.99. The number of rotatable bonds is 2. The maximum absolute atomic E-state index is 12.4. The van der Waals surface area contributed by atoms with Crippen LogP contribution in [0, 0.1) is 13.8 Å². The standard InChI is InChI=1S/C15H22N2O2/c1-10-6-5-7-13(11(10)2)17-9-15(3,4)16-12(8-18)14(17)19/h5-7,12,16,18H,8-9H2,1-4H3. The van der Waals surface area contributed by atoms with Crippen LogP contribution < -0.4 is 10.2 Å². The van der Waals surface area contributed by atoms with Crippen molar-refractivity contribution in [3.05, 3.63) is 29.3 Å². The van der Waals surface area contributed by atoms with Crippen molar-refractivity contribution in [1.82, 2.24) is 5.32 Å². The van der Waals surface area contributed by atoms with Crippen LogP contribution in [-0.4, -0.2) is 35.7 Å². The average molecular weight is 262 g/mol. The number of piperazine rings is 1. The van der Waals surface area contributed by atoms with Gasteiger partial charge in [-0.25, -0.2) is 0 Å². The van der Waals surface area contributed by atoms with Crippen molar-refractivity contribution in [1.29, 1.82) is 0 Å². The Labute approximate surface area is 114 Å². The second kappa shape index (κ2) is 4.94. The van der Waals surface area contributed by atoms with E-state index in [1.165, 1.54) is 5.56 Å². The molecule has 0 spiro atoms. The number of nitrogens with one attached hydrogen (secondary N) is 1. The average Bonchev–Trinajstić information content (AvgIpc) is 2.35. The summed E-state index contributed by atoms with van der Waals surface area (Å²) < 4.78 is 0. The van der Waals surface area contributed by atoms with E-state index in [2.05, 4.69) is 5.32 Å². The Balaban J connectivity index is 2.42. The van der Waals surface area contributed by atoms with Gasteiger partial charge in [-0.3, -0.25) is 10.1 Å². The Morgan fingerprint density at radius 3 is 2.74 bits per heavy atom. The van der Waals surface area contributed by atoms with Gasteiger partial charge in [0.2, 0.25) is 5.91 Å². The molecule has 1 saturated heterocycles. The number of nitrogens with zero attached hydrogens (tertiary/aromatic N) is 1. The number of amides is 1. The summed E-state index contributed by atoms with van der Waals surface area (Å²) in [6, 6.07) is 5.45. The van der Waals surface area contributed by atoms with Gasteiger partial charge < -0.3 is 10.0 Å². The lowest BCUT2D eigenvalue weighted by atomic mass is 9.96. The highest BCUT2D eigenvalue weighted by Crippen LogP contribution is 2.27. The summed E-state index contributed by atoms with van der Waals surface area (Å²) in [4.78, 5) is 14.2. The molecule has 19 heavy (non-hydrogen) atoms. The molecule has 1 unspecified atom stereocenters. The summed E-state index contributed by atoms with van der Waals surface area (Å²) in [5, 5.41) is 12.6. The van der Waals surface area contributed by atoms with Crippen LogP contribution in [0.1, 0.15) is 25.0 Å². The maximum atomic E-state index is 12.4. The third kappa shape index (κ3) is 2.65. The van der Waals surface area contributed by atoms with Gasteiger partial charge in [-0.1, -0.05) is 12.1 Å². The molecule has 0 aromatic heterocycles. The van der Waals surface area contributed by atoms with Crippen molar-refractivity contribution in [3.63, 3.8) is 0 Å². The number of aliphatic hydroxyl groups excluding tert-OH is 1. The van der Waals surface area contributed by atoms with Gasteiger partial charge in [0.25, 0.3) is 0 Å². The quantitative estimate of drug-likeness (QED) is 0.846. The number of hydrogen-bond acceptors (Lipinski definition) is 3. The monoisotopic (exact) mass is 262 g/mol. The summed E-state index contributed by atoms with van der Waals surface area (Å²) in [6.07, 6.45) is 0. The number of hydrogen-bond donors (Lipinski definition) is 2. The zero-order valence-corrected chi connectivity index (χ0v) is 12.0. The lowest BCUT2D eigenvalue weighted by molar-refractivity contribution is -0.124. The van der Waals surface area contributed by atoms with E-state index in [9.17, 15) is 9.90 Å². The molecule has 2 N–H and O–H groups in total. The second-order valence-corrected chi connectivity index (χ2v) is 5.91. The lowest BCUT2D eigenvalue weighted by Crippen LogP contribution is -2.66. The third-order valence-electron chi connectivity index (χ3n) is 3.73.